The van der Waals surface area contributed by atoms with Crippen molar-refractivity contribution >= 4 is 23.7 Å². The number of benzene rings is 2. The van der Waals surface area contributed by atoms with Crippen LogP contribution in [-0.2, 0) is 14.4 Å². The molecule has 0 unspecified atom stereocenters. The second-order valence-electron chi connectivity index (χ2n) is 6.48. The van der Waals surface area contributed by atoms with E-state index in [9.17, 15) is 14.7 Å². The molecule has 152 valence electrons. The Labute approximate surface area is 168 Å². The first-order valence-electron chi connectivity index (χ1n) is 9.30. The van der Waals surface area contributed by atoms with Crippen molar-refractivity contribution in [2.75, 3.05) is 31.6 Å². The molecule has 8 nitrogen and oxygen atoms in total. The predicted molar refractivity (Wildman–Crippen MR) is 108 cm³/mol. The van der Waals surface area contributed by atoms with Crippen molar-refractivity contribution in [2.45, 2.75) is 13.0 Å². The van der Waals surface area contributed by atoms with Gasteiger partial charge in [0.15, 0.2) is 0 Å². The maximum Gasteiger partial charge on any atom is 0.268 e. The molecule has 3 rings (SSSR count). The molecule has 2 aromatic rings. The molecule has 0 spiro atoms. The third kappa shape index (κ3) is 5.32. The number of anilines is 1. The van der Waals surface area contributed by atoms with Gasteiger partial charge in [-0.1, -0.05) is 29.4 Å². The highest BCUT2D eigenvalue weighted by molar-refractivity contribution is 6.04. The van der Waals surface area contributed by atoms with Crippen LogP contribution < -0.4 is 5.32 Å². The molecule has 1 atom stereocenters. The topological polar surface area (TPSA) is 100 Å². The first-order valence-corrected chi connectivity index (χ1v) is 9.30. The average molecular weight is 397 g/mol. The number of para-hydroxylation sites is 2. The maximum absolute atomic E-state index is 12.8. The van der Waals surface area contributed by atoms with E-state index >= 15 is 0 Å². The van der Waals surface area contributed by atoms with Gasteiger partial charge in [-0.3, -0.25) is 9.59 Å². The Bertz CT molecular complexity index is 893. The molecule has 0 saturated carbocycles. The number of carbonyl (C=O) groups excluding carboxylic acids is 2. The van der Waals surface area contributed by atoms with Crippen LogP contribution in [0.1, 0.15) is 22.8 Å². The number of morpholine rings is 1. The first-order chi connectivity index (χ1) is 14.1. The number of carbonyl (C=O) groups is 2. The summed E-state index contributed by atoms with van der Waals surface area (Å²) in [5.41, 5.74) is 1.29. The zero-order chi connectivity index (χ0) is 20.6. The molecule has 1 aliphatic rings. The second-order valence-corrected chi connectivity index (χ2v) is 6.48. The summed E-state index contributed by atoms with van der Waals surface area (Å²) in [5.74, 6) is -0.537. The lowest BCUT2D eigenvalue weighted by Crippen LogP contribution is -2.41. The van der Waals surface area contributed by atoms with E-state index in [2.05, 4.69) is 10.5 Å². The van der Waals surface area contributed by atoms with Gasteiger partial charge < -0.3 is 24.9 Å². The molecule has 2 aromatic carbocycles. The summed E-state index contributed by atoms with van der Waals surface area (Å²) >= 11 is 0. The fourth-order valence-corrected chi connectivity index (χ4v) is 2.77. The van der Waals surface area contributed by atoms with Crippen molar-refractivity contribution in [3.63, 3.8) is 0 Å². The molecule has 0 bridgehead atoms. The van der Waals surface area contributed by atoms with E-state index in [-0.39, 0.29) is 11.7 Å². The summed E-state index contributed by atoms with van der Waals surface area (Å²) in [5, 5.41) is 16.2. The van der Waals surface area contributed by atoms with Crippen LogP contribution in [0.15, 0.2) is 53.7 Å². The minimum absolute atomic E-state index is 0.0625. The molecule has 1 saturated heterocycles. The number of ether oxygens (including phenoxy) is 1. The van der Waals surface area contributed by atoms with E-state index in [1.54, 1.807) is 54.3 Å². The van der Waals surface area contributed by atoms with Crippen LogP contribution in [0.5, 0.6) is 5.75 Å². The number of rotatable bonds is 6. The van der Waals surface area contributed by atoms with E-state index in [1.165, 1.54) is 12.3 Å². The van der Waals surface area contributed by atoms with E-state index in [1.807, 2.05) is 0 Å². The van der Waals surface area contributed by atoms with Crippen LogP contribution in [0, 0.1) is 0 Å². The Hall–Kier alpha value is -3.39. The Morgan fingerprint density at radius 2 is 1.86 bits per heavy atom. The normalized spacial score (nSPS) is 15.1. The minimum Gasteiger partial charge on any atom is -0.507 e. The minimum atomic E-state index is -0.899. The molecule has 0 aromatic heterocycles. The summed E-state index contributed by atoms with van der Waals surface area (Å²) in [4.78, 5) is 32.1. The second kappa shape index (κ2) is 9.70. The van der Waals surface area contributed by atoms with Gasteiger partial charge >= 0.3 is 0 Å². The highest BCUT2D eigenvalue weighted by Gasteiger charge is 2.23. The molecule has 29 heavy (non-hydrogen) atoms. The van der Waals surface area contributed by atoms with Gasteiger partial charge in [0.1, 0.15) is 5.75 Å². The highest BCUT2D eigenvalue weighted by atomic mass is 16.6. The van der Waals surface area contributed by atoms with Gasteiger partial charge in [-0.05, 0) is 31.2 Å². The fraction of sp³-hybridized carbons (Fsp3) is 0.286. The number of hydrogen-bond donors (Lipinski definition) is 2. The Morgan fingerprint density at radius 1 is 1.17 bits per heavy atom. The summed E-state index contributed by atoms with van der Waals surface area (Å²) in [6, 6.07) is 13.5. The van der Waals surface area contributed by atoms with Crippen molar-refractivity contribution in [1.29, 1.82) is 0 Å². The average Bonchev–Trinajstić information content (AvgIpc) is 2.75. The van der Waals surface area contributed by atoms with Gasteiger partial charge in [-0.2, -0.15) is 0 Å². The monoisotopic (exact) mass is 397 g/mol. The molecule has 2 N–H and O–H groups in total. The summed E-state index contributed by atoms with van der Waals surface area (Å²) < 4.78 is 5.28. The molecule has 1 heterocycles. The Balaban J connectivity index is 1.62. The summed E-state index contributed by atoms with van der Waals surface area (Å²) in [7, 11) is 0. The van der Waals surface area contributed by atoms with Crippen LogP contribution in [0.25, 0.3) is 0 Å². The van der Waals surface area contributed by atoms with Crippen molar-refractivity contribution in [1.82, 2.24) is 4.90 Å². The van der Waals surface area contributed by atoms with E-state index in [0.29, 0.717) is 43.1 Å². The van der Waals surface area contributed by atoms with Crippen molar-refractivity contribution in [3.8, 4) is 5.75 Å². The van der Waals surface area contributed by atoms with Crippen LogP contribution in [0.2, 0.25) is 0 Å². The molecule has 2 amide bonds. The van der Waals surface area contributed by atoms with Crippen LogP contribution in [0.4, 0.5) is 5.69 Å². The number of nitrogens with one attached hydrogen (secondary N) is 1. The maximum atomic E-state index is 12.8. The smallest absolute Gasteiger partial charge is 0.268 e. The molecule has 0 radical (unpaired) electrons. The van der Waals surface area contributed by atoms with Crippen LogP contribution in [-0.4, -0.2) is 60.4 Å². The summed E-state index contributed by atoms with van der Waals surface area (Å²) in [6.07, 6.45) is 0.429. The molecule has 1 aliphatic heterocycles. The number of hydrogen-bond acceptors (Lipinski definition) is 6. The Kier molecular flexibility index (Phi) is 6.80. The third-order valence-electron chi connectivity index (χ3n) is 4.43. The van der Waals surface area contributed by atoms with E-state index in [4.69, 9.17) is 9.57 Å². The van der Waals surface area contributed by atoms with Gasteiger partial charge in [0, 0.05) is 18.7 Å². The largest absolute Gasteiger partial charge is 0.507 e. The zero-order valence-electron chi connectivity index (χ0n) is 16.1. The quantitative estimate of drug-likeness (QED) is 0.575. The first kappa shape index (κ1) is 20.3. The van der Waals surface area contributed by atoms with E-state index < -0.39 is 12.0 Å². The fourth-order valence-electron chi connectivity index (χ4n) is 2.77. The van der Waals surface area contributed by atoms with Gasteiger partial charge in [-0.25, -0.2) is 0 Å². The number of nitrogens with zero attached hydrogens (tertiary/aromatic N) is 2. The van der Waals surface area contributed by atoms with Gasteiger partial charge in [-0.15, -0.1) is 0 Å². The predicted octanol–water partition coefficient (Wildman–Crippen LogP) is 2.24. The molecule has 1 fully saturated rings. The van der Waals surface area contributed by atoms with Crippen molar-refractivity contribution in [2.24, 2.45) is 5.16 Å². The third-order valence-corrected chi connectivity index (χ3v) is 4.43. The van der Waals surface area contributed by atoms with Crippen molar-refractivity contribution < 1.29 is 24.3 Å². The highest BCUT2D eigenvalue weighted by Crippen LogP contribution is 2.19. The lowest BCUT2D eigenvalue weighted by Gasteiger charge is -2.27. The molecule has 0 aliphatic carbocycles. The summed E-state index contributed by atoms with van der Waals surface area (Å²) in [6.45, 7) is 3.58. The van der Waals surface area contributed by atoms with Crippen molar-refractivity contribution in [3.05, 3.63) is 59.7 Å². The number of phenolic OH excluding ortho intramolecular Hbond substituents is 1. The molecular weight excluding hydrogens is 374 g/mol. The number of amides is 2. The zero-order valence-corrected chi connectivity index (χ0v) is 16.1. The SMILES string of the molecule is C[C@@H](O/N=C/c1ccccc1O)C(=O)Nc1ccccc1C(=O)N1CCOCC1. The lowest BCUT2D eigenvalue weighted by atomic mass is 10.1. The van der Waals surface area contributed by atoms with Gasteiger partial charge in [0.25, 0.3) is 11.8 Å². The molecular formula is C21H23N3O5. The molecule has 8 heteroatoms. The number of oxime groups is 1. The standard InChI is InChI=1S/C21H23N3O5/c1-15(29-22-14-16-6-2-5-9-19(16)25)20(26)23-18-8-4-3-7-17(18)21(27)24-10-12-28-13-11-24/h2-9,14-15,25H,10-13H2,1H3,(H,23,26)/b22-14+/t15-/m1/s1. The van der Waals surface area contributed by atoms with Gasteiger partial charge in [0.05, 0.1) is 30.7 Å². The Morgan fingerprint density at radius 3 is 2.62 bits per heavy atom. The lowest BCUT2D eigenvalue weighted by molar-refractivity contribution is -0.126. The number of aromatic hydroxyl groups is 1. The number of phenols is 1. The van der Waals surface area contributed by atoms with Crippen LogP contribution in [0.3, 0.4) is 0 Å². The van der Waals surface area contributed by atoms with Crippen LogP contribution >= 0.6 is 0 Å². The van der Waals surface area contributed by atoms with Gasteiger partial charge in [0.2, 0.25) is 6.10 Å². The van der Waals surface area contributed by atoms with E-state index in [0.717, 1.165) is 0 Å².